The summed E-state index contributed by atoms with van der Waals surface area (Å²) in [4.78, 5) is 0.0376. The van der Waals surface area contributed by atoms with Crippen molar-refractivity contribution in [3.05, 3.63) is 23.2 Å². The molecule has 1 atom stereocenters. The zero-order valence-electron chi connectivity index (χ0n) is 12.0. The predicted octanol–water partition coefficient (Wildman–Crippen LogP) is 2.36. The monoisotopic (exact) mass is 320 g/mol. The molecule has 0 saturated heterocycles. The maximum Gasteiger partial charge on any atom is 0.244 e. The van der Waals surface area contributed by atoms with Crippen molar-refractivity contribution >= 4 is 27.3 Å². The standard InChI is InChI=1S/C13H21ClN2O3S/c1-4-10(2)16(7-8-19-3)20(17,18)13-9-11(15)5-6-12(13)14/h5-6,9-10H,4,7-8,15H2,1-3H3. The average Bonchev–Trinajstić information content (AvgIpc) is 2.41. The Morgan fingerprint density at radius 1 is 1.45 bits per heavy atom. The third kappa shape index (κ3) is 3.85. The molecule has 2 N–H and O–H groups in total. The number of methoxy groups -OCH3 is 1. The third-order valence-corrected chi connectivity index (χ3v) is 5.64. The lowest BCUT2D eigenvalue weighted by Crippen LogP contribution is -2.40. The molecule has 0 aliphatic carbocycles. The number of ether oxygens (including phenoxy) is 1. The van der Waals surface area contributed by atoms with Crippen LogP contribution in [0.2, 0.25) is 5.02 Å². The smallest absolute Gasteiger partial charge is 0.244 e. The van der Waals surface area contributed by atoms with Gasteiger partial charge in [0.25, 0.3) is 0 Å². The van der Waals surface area contributed by atoms with E-state index in [0.29, 0.717) is 18.7 Å². The molecule has 7 heteroatoms. The van der Waals surface area contributed by atoms with Gasteiger partial charge in [0.2, 0.25) is 10.0 Å². The topological polar surface area (TPSA) is 72.6 Å². The maximum atomic E-state index is 12.7. The molecule has 1 aromatic carbocycles. The summed E-state index contributed by atoms with van der Waals surface area (Å²) in [6, 6.07) is 4.31. The van der Waals surface area contributed by atoms with Crippen molar-refractivity contribution in [2.45, 2.75) is 31.2 Å². The summed E-state index contributed by atoms with van der Waals surface area (Å²) in [5.74, 6) is 0. The molecule has 20 heavy (non-hydrogen) atoms. The quantitative estimate of drug-likeness (QED) is 0.783. The van der Waals surface area contributed by atoms with Gasteiger partial charge in [-0.25, -0.2) is 8.42 Å². The summed E-state index contributed by atoms with van der Waals surface area (Å²) in [5.41, 5.74) is 6.03. The molecule has 5 nitrogen and oxygen atoms in total. The molecule has 0 saturated carbocycles. The average molecular weight is 321 g/mol. The minimum atomic E-state index is -3.70. The Morgan fingerprint density at radius 3 is 2.65 bits per heavy atom. The first-order valence-corrected chi connectivity index (χ1v) is 8.22. The Hall–Kier alpha value is -0.820. The molecule has 1 unspecified atom stereocenters. The normalized spacial score (nSPS) is 13.7. The molecule has 114 valence electrons. The van der Waals surface area contributed by atoms with Crippen molar-refractivity contribution in [2.24, 2.45) is 0 Å². The van der Waals surface area contributed by atoms with Gasteiger partial charge in [-0.15, -0.1) is 0 Å². The van der Waals surface area contributed by atoms with Crippen LogP contribution in [0, 0.1) is 0 Å². The van der Waals surface area contributed by atoms with Gasteiger partial charge in [-0.1, -0.05) is 18.5 Å². The van der Waals surface area contributed by atoms with Crippen molar-refractivity contribution < 1.29 is 13.2 Å². The number of anilines is 1. The number of nitrogens with zero attached hydrogens (tertiary/aromatic N) is 1. The number of rotatable bonds is 7. The van der Waals surface area contributed by atoms with E-state index in [0.717, 1.165) is 0 Å². The van der Waals surface area contributed by atoms with Crippen molar-refractivity contribution in [1.82, 2.24) is 4.31 Å². The van der Waals surface area contributed by atoms with E-state index in [1.54, 1.807) is 6.07 Å². The van der Waals surface area contributed by atoms with Crippen molar-refractivity contribution in [3.63, 3.8) is 0 Å². The molecular weight excluding hydrogens is 300 g/mol. The maximum absolute atomic E-state index is 12.7. The molecule has 1 rings (SSSR count). The van der Waals surface area contributed by atoms with Gasteiger partial charge in [0.15, 0.2) is 0 Å². The van der Waals surface area contributed by atoms with E-state index in [1.807, 2.05) is 13.8 Å². The van der Waals surface area contributed by atoms with Crippen LogP contribution in [0.5, 0.6) is 0 Å². The first-order valence-electron chi connectivity index (χ1n) is 6.40. The van der Waals surface area contributed by atoms with Gasteiger partial charge in [0, 0.05) is 25.4 Å². The lowest BCUT2D eigenvalue weighted by atomic mass is 10.3. The van der Waals surface area contributed by atoms with Crippen LogP contribution < -0.4 is 5.73 Å². The van der Waals surface area contributed by atoms with Crippen LogP contribution in [0.4, 0.5) is 5.69 Å². The van der Waals surface area contributed by atoms with Crippen molar-refractivity contribution in [2.75, 3.05) is 26.0 Å². The van der Waals surface area contributed by atoms with Crippen LogP contribution in [0.15, 0.2) is 23.1 Å². The number of sulfonamides is 1. The van der Waals surface area contributed by atoms with Gasteiger partial charge in [-0.3, -0.25) is 0 Å². The summed E-state index contributed by atoms with van der Waals surface area (Å²) in [5, 5.41) is 0.171. The molecular formula is C13H21ClN2O3S. The molecule has 0 amide bonds. The summed E-state index contributed by atoms with van der Waals surface area (Å²) >= 11 is 6.01. The summed E-state index contributed by atoms with van der Waals surface area (Å²) in [6.07, 6.45) is 0.697. The van der Waals surface area contributed by atoms with Crippen LogP contribution in [0.25, 0.3) is 0 Å². The van der Waals surface area contributed by atoms with Gasteiger partial charge in [-0.05, 0) is 31.5 Å². The lowest BCUT2D eigenvalue weighted by molar-refractivity contribution is 0.167. The highest BCUT2D eigenvalue weighted by atomic mass is 35.5. The van der Waals surface area contributed by atoms with E-state index in [2.05, 4.69) is 0 Å². The molecule has 0 aromatic heterocycles. The molecule has 0 radical (unpaired) electrons. The van der Waals surface area contributed by atoms with Crippen LogP contribution in [-0.2, 0) is 14.8 Å². The minimum absolute atomic E-state index is 0.0376. The second-order valence-electron chi connectivity index (χ2n) is 4.56. The molecule has 0 aliphatic rings. The van der Waals surface area contributed by atoms with Gasteiger partial charge < -0.3 is 10.5 Å². The molecule has 1 aromatic rings. The minimum Gasteiger partial charge on any atom is -0.399 e. The van der Waals surface area contributed by atoms with Gasteiger partial charge in [0.05, 0.1) is 11.6 Å². The molecule has 0 spiro atoms. The summed E-state index contributed by atoms with van der Waals surface area (Å²) in [7, 11) is -2.16. The van der Waals surface area contributed by atoms with Gasteiger partial charge in [0.1, 0.15) is 4.90 Å². The Bertz CT molecular complexity index is 549. The van der Waals surface area contributed by atoms with E-state index < -0.39 is 10.0 Å². The number of benzene rings is 1. The van der Waals surface area contributed by atoms with E-state index in [-0.39, 0.29) is 22.5 Å². The fourth-order valence-corrected chi connectivity index (χ4v) is 4.01. The summed E-state index contributed by atoms with van der Waals surface area (Å²) in [6.45, 7) is 4.39. The lowest BCUT2D eigenvalue weighted by Gasteiger charge is -2.27. The van der Waals surface area contributed by atoms with E-state index in [9.17, 15) is 8.42 Å². The van der Waals surface area contributed by atoms with Crippen molar-refractivity contribution in [1.29, 1.82) is 0 Å². The van der Waals surface area contributed by atoms with Crippen LogP contribution in [-0.4, -0.2) is 39.0 Å². The summed E-state index contributed by atoms with van der Waals surface area (Å²) < 4.78 is 31.9. The number of nitrogens with two attached hydrogens (primary N) is 1. The highest BCUT2D eigenvalue weighted by molar-refractivity contribution is 7.89. The molecule has 0 fully saturated rings. The zero-order valence-corrected chi connectivity index (χ0v) is 13.5. The number of halogens is 1. The Kier molecular flexibility index (Phi) is 6.26. The van der Waals surface area contributed by atoms with Crippen LogP contribution in [0.3, 0.4) is 0 Å². The molecule has 0 aliphatic heterocycles. The first kappa shape index (κ1) is 17.2. The van der Waals surface area contributed by atoms with Crippen LogP contribution >= 0.6 is 11.6 Å². The van der Waals surface area contributed by atoms with E-state index in [1.165, 1.54) is 23.5 Å². The fourth-order valence-electron chi connectivity index (χ4n) is 1.81. The zero-order chi connectivity index (χ0) is 15.3. The number of nitrogen functional groups attached to an aromatic ring is 1. The van der Waals surface area contributed by atoms with Crippen LogP contribution in [0.1, 0.15) is 20.3 Å². The Balaban J connectivity index is 3.24. The molecule has 0 heterocycles. The second-order valence-corrected chi connectivity index (χ2v) is 6.82. The van der Waals surface area contributed by atoms with Crippen molar-refractivity contribution in [3.8, 4) is 0 Å². The number of hydrogen-bond donors (Lipinski definition) is 1. The Morgan fingerprint density at radius 2 is 2.10 bits per heavy atom. The molecule has 0 bridgehead atoms. The number of hydrogen-bond acceptors (Lipinski definition) is 4. The predicted molar refractivity (Wildman–Crippen MR) is 81.4 cm³/mol. The Labute approximate surface area is 125 Å². The largest absolute Gasteiger partial charge is 0.399 e. The van der Waals surface area contributed by atoms with E-state index >= 15 is 0 Å². The fraction of sp³-hybridized carbons (Fsp3) is 0.538. The first-order chi connectivity index (χ1) is 9.34. The van der Waals surface area contributed by atoms with E-state index in [4.69, 9.17) is 22.1 Å². The van der Waals surface area contributed by atoms with Gasteiger partial charge >= 0.3 is 0 Å². The highest BCUT2D eigenvalue weighted by Crippen LogP contribution is 2.28. The third-order valence-electron chi connectivity index (χ3n) is 3.14. The highest BCUT2D eigenvalue weighted by Gasteiger charge is 2.29. The second kappa shape index (κ2) is 7.26. The SMILES string of the molecule is CCC(C)N(CCOC)S(=O)(=O)c1cc(N)ccc1Cl. The van der Waals surface area contributed by atoms with Gasteiger partial charge in [-0.2, -0.15) is 4.31 Å².